The van der Waals surface area contributed by atoms with Gasteiger partial charge in [-0.05, 0) is 24.3 Å². The molecule has 0 aliphatic carbocycles. The Hall–Kier alpha value is -4.06. The number of rotatable bonds is 5. The van der Waals surface area contributed by atoms with Crippen LogP contribution >= 0.6 is 0 Å². The van der Waals surface area contributed by atoms with Crippen molar-refractivity contribution in [1.29, 1.82) is 0 Å². The minimum absolute atomic E-state index is 0.0985. The number of para-hydroxylation sites is 1. The molecule has 1 saturated heterocycles. The first-order chi connectivity index (χ1) is 16.9. The van der Waals surface area contributed by atoms with Crippen LogP contribution in [0, 0.1) is 0 Å². The fraction of sp³-hybridized carbons (Fsp3) is 0.261. The van der Waals surface area contributed by atoms with Crippen molar-refractivity contribution in [1.82, 2.24) is 34.9 Å². The van der Waals surface area contributed by atoms with E-state index in [4.69, 9.17) is 4.52 Å². The monoisotopic (exact) mass is 483 g/mol. The second-order valence-electron chi connectivity index (χ2n) is 8.01. The first-order valence-corrected chi connectivity index (χ1v) is 10.9. The topological polar surface area (TPSA) is 93.2 Å². The molecule has 1 aliphatic rings. The van der Waals surface area contributed by atoms with Gasteiger partial charge in [-0.2, -0.15) is 28.1 Å². The summed E-state index contributed by atoms with van der Waals surface area (Å²) in [5, 5.41) is 12.3. The molecule has 12 heteroatoms. The Balaban J connectivity index is 1.17. The number of carbonyl (C=O) groups is 1. The number of halogens is 3. The predicted octanol–water partition coefficient (Wildman–Crippen LogP) is 3.29. The Morgan fingerprint density at radius 2 is 1.77 bits per heavy atom. The second kappa shape index (κ2) is 9.29. The van der Waals surface area contributed by atoms with Gasteiger partial charge < -0.3 is 9.42 Å². The van der Waals surface area contributed by atoms with Crippen molar-refractivity contribution < 1.29 is 22.5 Å². The van der Waals surface area contributed by atoms with Gasteiger partial charge in [-0.25, -0.2) is 0 Å². The number of piperazine rings is 1. The zero-order valence-corrected chi connectivity index (χ0v) is 18.4. The minimum Gasteiger partial charge on any atom is -0.338 e. The van der Waals surface area contributed by atoms with E-state index in [-0.39, 0.29) is 23.0 Å². The van der Waals surface area contributed by atoms with E-state index in [1.54, 1.807) is 4.90 Å². The first kappa shape index (κ1) is 22.7. The van der Waals surface area contributed by atoms with Gasteiger partial charge in [0.05, 0.1) is 24.0 Å². The molecular formula is C23H20F3N7O2. The van der Waals surface area contributed by atoms with Gasteiger partial charge in [0.2, 0.25) is 11.7 Å². The van der Waals surface area contributed by atoms with Crippen LogP contribution < -0.4 is 0 Å². The van der Waals surface area contributed by atoms with Gasteiger partial charge in [-0.1, -0.05) is 35.5 Å². The maximum atomic E-state index is 13.0. The smallest absolute Gasteiger partial charge is 0.338 e. The maximum Gasteiger partial charge on any atom is 0.416 e. The lowest BCUT2D eigenvalue weighted by Gasteiger charge is -2.33. The standard InChI is InChI=1S/C23H20F3N7O2/c24-23(25,26)17-6-4-5-16(13-17)21-28-20(35-30-21)15-31-9-11-32(12-10-31)22(34)19-14-27-33(29-19)18-7-2-1-3-8-18/h1-8,13-14H,9-12,15H2. The van der Waals surface area contributed by atoms with Gasteiger partial charge in [0.1, 0.15) is 0 Å². The first-order valence-electron chi connectivity index (χ1n) is 10.9. The van der Waals surface area contributed by atoms with Gasteiger partial charge in [0.15, 0.2) is 5.69 Å². The van der Waals surface area contributed by atoms with Crippen LogP contribution in [0.1, 0.15) is 21.9 Å². The minimum atomic E-state index is -4.45. The molecule has 35 heavy (non-hydrogen) atoms. The number of carbonyl (C=O) groups excluding carboxylic acids is 1. The molecule has 0 saturated carbocycles. The lowest BCUT2D eigenvalue weighted by atomic mass is 10.1. The molecule has 1 fully saturated rings. The molecule has 0 N–H and O–H groups in total. The molecule has 0 unspecified atom stereocenters. The van der Waals surface area contributed by atoms with E-state index in [0.717, 1.165) is 17.8 Å². The van der Waals surface area contributed by atoms with E-state index in [9.17, 15) is 18.0 Å². The molecule has 180 valence electrons. The summed E-state index contributed by atoms with van der Waals surface area (Å²) in [5.74, 6) is 0.195. The van der Waals surface area contributed by atoms with Gasteiger partial charge in [0, 0.05) is 31.7 Å². The molecule has 0 spiro atoms. The highest BCUT2D eigenvalue weighted by molar-refractivity contribution is 5.92. The van der Waals surface area contributed by atoms with Crippen LogP contribution in [0.25, 0.3) is 17.1 Å². The lowest BCUT2D eigenvalue weighted by Crippen LogP contribution is -2.48. The van der Waals surface area contributed by atoms with Crippen LogP contribution in [0.15, 0.2) is 65.3 Å². The van der Waals surface area contributed by atoms with Crippen LogP contribution in [0.2, 0.25) is 0 Å². The van der Waals surface area contributed by atoms with Crippen molar-refractivity contribution in [3.8, 4) is 17.1 Å². The molecule has 0 bridgehead atoms. The number of alkyl halides is 3. The normalized spacial score (nSPS) is 14.9. The van der Waals surface area contributed by atoms with E-state index < -0.39 is 11.7 Å². The summed E-state index contributed by atoms with van der Waals surface area (Å²) in [7, 11) is 0. The van der Waals surface area contributed by atoms with Crippen LogP contribution in [0.5, 0.6) is 0 Å². The maximum absolute atomic E-state index is 13.0. The third kappa shape index (κ3) is 5.06. The van der Waals surface area contributed by atoms with Crippen LogP contribution in [-0.2, 0) is 12.7 Å². The fourth-order valence-electron chi connectivity index (χ4n) is 3.78. The van der Waals surface area contributed by atoms with E-state index in [2.05, 4.69) is 20.3 Å². The zero-order chi connectivity index (χ0) is 24.4. The van der Waals surface area contributed by atoms with E-state index in [0.29, 0.717) is 38.6 Å². The molecular weight excluding hydrogens is 463 g/mol. The largest absolute Gasteiger partial charge is 0.416 e. The molecule has 2 aromatic heterocycles. The predicted molar refractivity (Wildman–Crippen MR) is 117 cm³/mol. The van der Waals surface area contributed by atoms with Crippen molar-refractivity contribution in [2.24, 2.45) is 0 Å². The SMILES string of the molecule is O=C(c1cnn(-c2ccccc2)n1)N1CCN(Cc2nc(-c3cccc(C(F)(F)F)c3)no2)CC1. The van der Waals surface area contributed by atoms with Gasteiger partial charge in [-0.3, -0.25) is 9.69 Å². The highest BCUT2D eigenvalue weighted by Gasteiger charge is 2.31. The number of hydrogen-bond acceptors (Lipinski definition) is 7. The quantitative estimate of drug-likeness (QED) is 0.430. The van der Waals surface area contributed by atoms with Crippen molar-refractivity contribution in [3.63, 3.8) is 0 Å². The van der Waals surface area contributed by atoms with Crippen molar-refractivity contribution in [3.05, 3.63) is 77.9 Å². The molecule has 1 aliphatic heterocycles. The summed E-state index contributed by atoms with van der Waals surface area (Å²) in [6, 6.07) is 14.1. The molecule has 9 nitrogen and oxygen atoms in total. The molecule has 0 radical (unpaired) electrons. The average molecular weight is 483 g/mol. The highest BCUT2D eigenvalue weighted by Crippen LogP contribution is 2.31. The van der Waals surface area contributed by atoms with Gasteiger partial charge in [0.25, 0.3) is 5.91 Å². The Morgan fingerprint density at radius 1 is 1.00 bits per heavy atom. The van der Waals surface area contributed by atoms with Crippen LogP contribution in [0.4, 0.5) is 13.2 Å². The second-order valence-corrected chi connectivity index (χ2v) is 8.01. The summed E-state index contributed by atoms with van der Waals surface area (Å²) in [4.78, 5) is 22.2. The van der Waals surface area contributed by atoms with E-state index in [1.807, 2.05) is 35.2 Å². The van der Waals surface area contributed by atoms with Crippen LogP contribution in [0.3, 0.4) is 0 Å². The third-order valence-electron chi connectivity index (χ3n) is 5.63. The van der Waals surface area contributed by atoms with Gasteiger partial charge in [-0.15, -0.1) is 5.10 Å². The highest BCUT2D eigenvalue weighted by atomic mass is 19.4. The summed E-state index contributed by atoms with van der Waals surface area (Å²) >= 11 is 0. The van der Waals surface area contributed by atoms with Crippen molar-refractivity contribution in [2.45, 2.75) is 12.7 Å². The molecule has 0 atom stereocenters. The van der Waals surface area contributed by atoms with E-state index in [1.165, 1.54) is 23.1 Å². The lowest BCUT2D eigenvalue weighted by molar-refractivity contribution is -0.137. The number of hydrogen-bond donors (Lipinski definition) is 0. The third-order valence-corrected chi connectivity index (χ3v) is 5.63. The molecule has 5 rings (SSSR count). The molecule has 4 aromatic rings. The van der Waals surface area contributed by atoms with Gasteiger partial charge >= 0.3 is 6.18 Å². The van der Waals surface area contributed by atoms with E-state index >= 15 is 0 Å². The number of nitrogens with zero attached hydrogens (tertiary/aromatic N) is 7. The Labute approximate surface area is 197 Å². The van der Waals surface area contributed by atoms with Crippen LogP contribution in [-0.4, -0.2) is 67.0 Å². The Bertz CT molecular complexity index is 1310. The van der Waals surface area contributed by atoms with Crippen molar-refractivity contribution in [2.75, 3.05) is 26.2 Å². The Kier molecular flexibility index (Phi) is 6.03. The molecule has 2 aromatic carbocycles. The summed E-state index contributed by atoms with van der Waals surface area (Å²) < 4.78 is 44.1. The molecule has 3 heterocycles. The van der Waals surface area contributed by atoms with Crippen molar-refractivity contribution >= 4 is 5.91 Å². The number of amides is 1. The average Bonchev–Trinajstić information content (AvgIpc) is 3.55. The Morgan fingerprint density at radius 3 is 2.51 bits per heavy atom. The summed E-state index contributed by atoms with van der Waals surface area (Å²) in [5.41, 5.74) is 0.491. The summed E-state index contributed by atoms with van der Waals surface area (Å²) in [6.07, 6.45) is -3.00. The number of aromatic nitrogens is 5. The number of benzene rings is 2. The zero-order valence-electron chi connectivity index (χ0n) is 18.4. The molecule has 1 amide bonds. The fourth-order valence-corrected chi connectivity index (χ4v) is 3.78. The summed E-state index contributed by atoms with van der Waals surface area (Å²) in [6.45, 7) is 2.43.